The number of nitrogens with two attached hydrogens (primary N) is 1. The molecule has 39 heavy (non-hydrogen) atoms. The lowest BCUT2D eigenvalue weighted by molar-refractivity contribution is -0.138. The number of benzene rings is 1. The summed E-state index contributed by atoms with van der Waals surface area (Å²) in [4.78, 5) is 22.7. The molecule has 7 nitrogen and oxygen atoms in total. The first kappa shape index (κ1) is 28.5. The number of pyridine rings is 2. The molecule has 3 N–H and O–H groups in total. The summed E-state index contributed by atoms with van der Waals surface area (Å²) in [6.45, 7) is 0.763. The average Bonchev–Trinajstić information content (AvgIpc) is 2.88. The molecule has 14 heteroatoms. The fraction of sp³-hybridized carbons (Fsp3) is 0.320. The minimum absolute atomic E-state index is 0.0298. The maximum absolute atomic E-state index is 13.5. The van der Waals surface area contributed by atoms with Gasteiger partial charge in [0.25, 0.3) is 5.91 Å². The quantitative estimate of drug-likeness (QED) is 0.396. The first-order valence-electron chi connectivity index (χ1n) is 11.7. The average molecular weight is 572 g/mol. The van der Waals surface area contributed by atoms with Gasteiger partial charge in [0.1, 0.15) is 21.8 Å². The number of piperidine rings is 1. The van der Waals surface area contributed by atoms with Crippen molar-refractivity contribution < 1.29 is 35.3 Å². The summed E-state index contributed by atoms with van der Waals surface area (Å²) in [7, 11) is -1.94. The maximum Gasteiger partial charge on any atom is 0.417 e. The first-order chi connectivity index (χ1) is 18.3. The van der Waals surface area contributed by atoms with Crippen molar-refractivity contribution in [3.05, 3.63) is 77.1 Å². The third-order valence-electron chi connectivity index (χ3n) is 6.26. The second-order valence-corrected chi connectivity index (χ2v) is 10.1. The largest absolute Gasteiger partial charge is 0.417 e. The molecule has 0 aliphatic carbocycles. The van der Waals surface area contributed by atoms with Crippen molar-refractivity contribution in [3.63, 3.8) is 0 Å². The van der Waals surface area contributed by atoms with Gasteiger partial charge in [0.2, 0.25) is 0 Å². The van der Waals surface area contributed by atoms with Crippen molar-refractivity contribution in [1.82, 2.24) is 9.97 Å². The van der Waals surface area contributed by atoms with Gasteiger partial charge in [-0.25, -0.2) is 19.3 Å². The Labute approximate surface area is 222 Å². The van der Waals surface area contributed by atoms with E-state index in [1.807, 2.05) is 0 Å². The summed E-state index contributed by atoms with van der Waals surface area (Å²) in [6.07, 6.45) is -5.43. The lowest BCUT2D eigenvalue weighted by Gasteiger charge is -2.34. The molecule has 2 unspecified atom stereocenters. The van der Waals surface area contributed by atoms with E-state index in [0.717, 1.165) is 24.6 Å². The van der Waals surface area contributed by atoms with Crippen LogP contribution in [0.15, 0.2) is 59.9 Å². The fourth-order valence-electron chi connectivity index (χ4n) is 4.41. The standard InChI is InChI=1S/C25H23F6N5O2S/c26-24(27,28)17-5-3-15(4-6-17)10-16-2-1-9-36(14-16)22-20(11-18(13-34-22)25(29,30)31)23(37)35-19-7-8-33-21(12-19)39(32)38/h3-8,11-13,16H,1-2,9-10,14,32H2,(H,33,35,37). The number of hydrogen-bond donors (Lipinski definition) is 2. The molecular formula is C25H23F6N5O2S. The Balaban J connectivity index is 1.58. The number of hydrogen-bond acceptors (Lipinski definition) is 5. The molecule has 208 valence electrons. The van der Waals surface area contributed by atoms with E-state index >= 15 is 0 Å². The summed E-state index contributed by atoms with van der Waals surface area (Å²) in [5, 5.41) is 7.77. The molecule has 4 rings (SSSR count). The Morgan fingerprint density at radius 1 is 1.03 bits per heavy atom. The molecule has 1 aliphatic rings. The monoisotopic (exact) mass is 571 g/mol. The summed E-state index contributed by atoms with van der Waals surface area (Å²) >= 11 is 0. The number of amides is 1. The molecule has 1 amide bonds. The van der Waals surface area contributed by atoms with Crippen LogP contribution in [0.3, 0.4) is 0 Å². The molecule has 1 aliphatic heterocycles. The van der Waals surface area contributed by atoms with Gasteiger partial charge in [0.15, 0.2) is 0 Å². The summed E-state index contributed by atoms with van der Waals surface area (Å²) in [6, 6.07) is 8.19. The lowest BCUT2D eigenvalue weighted by Crippen LogP contribution is -2.38. The van der Waals surface area contributed by atoms with Crippen molar-refractivity contribution in [1.29, 1.82) is 0 Å². The molecule has 1 saturated heterocycles. The third-order valence-corrected chi connectivity index (χ3v) is 6.90. The summed E-state index contributed by atoms with van der Waals surface area (Å²) < 4.78 is 90.5. The van der Waals surface area contributed by atoms with E-state index in [0.29, 0.717) is 37.7 Å². The highest BCUT2D eigenvalue weighted by atomic mass is 32.2. The zero-order valence-electron chi connectivity index (χ0n) is 20.2. The Bertz CT molecular complexity index is 1360. The molecule has 0 radical (unpaired) electrons. The number of nitrogens with one attached hydrogen (secondary N) is 1. The van der Waals surface area contributed by atoms with E-state index in [1.54, 1.807) is 4.90 Å². The van der Waals surface area contributed by atoms with Gasteiger partial charge in [-0.3, -0.25) is 4.79 Å². The van der Waals surface area contributed by atoms with Crippen LogP contribution in [0.2, 0.25) is 0 Å². The van der Waals surface area contributed by atoms with Crippen molar-refractivity contribution in [2.75, 3.05) is 23.3 Å². The lowest BCUT2D eigenvalue weighted by atomic mass is 9.90. The van der Waals surface area contributed by atoms with Gasteiger partial charge in [-0.1, -0.05) is 12.1 Å². The molecule has 2 aromatic heterocycles. The molecule has 3 aromatic rings. The van der Waals surface area contributed by atoms with Gasteiger partial charge in [-0.05, 0) is 61.1 Å². The predicted octanol–water partition coefficient (Wildman–Crippen LogP) is 5.21. The van der Waals surface area contributed by atoms with Gasteiger partial charge in [0, 0.05) is 31.2 Å². The van der Waals surface area contributed by atoms with E-state index in [-0.39, 0.29) is 28.0 Å². The van der Waals surface area contributed by atoms with Crippen LogP contribution >= 0.6 is 0 Å². The minimum Gasteiger partial charge on any atom is -0.356 e. The Kier molecular flexibility index (Phi) is 8.25. The first-order valence-corrected chi connectivity index (χ1v) is 12.9. The summed E-state index contributed by atoms with van der Waals surface area (Å²) in [5.41, 5.74) is -1.34. The molecule has 1 aromatic carbocycles. The van der Waals surface area contributed by atoms with E-state index in [2.05, 4.69) is 15.3 Å². The number of nitrogens with zero attached hydrogens (tertiary/aromatic N) is 3. The Morgan fingerprint density at radius 2 is 1.72 bits per heavy atom. The van der Waals surface area contributed by atoms with Gasteiger partial charge < -0.3 is 10.2 Å². The van der Waals surface area contributed by atoms with Gasteiger partial charge in [0.05, 0.1) is 16.7 Å². The second-order valence-electron chi connectivity index (χ2n) is 9.08. The molecule has 1 fully saturated rings. The van der Waals surface area contributed by atoms with E-state index in [4.69, 9.17) is 5.14 Å². The number of carbonyl (C=O) groups excluding carboxylic acids is 1. The van der Waals surface area contributed by atoms with Crippen molar-refractivity contribution in [2.45, 2.75) is 36.6 Å². The summed E-state index contributed by atoms with van der Waals surface area (Å²) in [5.74, 6) is -0.847. The number of carbonyl (C=O) groups is 1. The van der Waals surface area contributed by atoms with Crippen LogP contribution in [-0.4, -0.2) is 33.2 Å². The van der Waals surface area contributed by atoms with Gasteiger partial charge in [-0.15, -0.1) is 0 Å². The normalized spacial score (nSPS) is 17.1. The van der Waals surface area contributed by atoms with Crippen LogP contribution in [0.1, 0.15) is 39.9 Å². The minimum atomic E-state index is -4.74. The highest BCUT2D eigenvalue weighted by Crippen LogP contribution is 2.34. The van der Waals surface area contributed by atoms with Crippen LogP contribution in [0, 0.1) is 5.92 Å². The maximum atomic E-state index is 13.5. The number of rotatable bonds is 6. The van der Waals surface area contributed by atoms with Gasteiger partial charge >= 0.3 is 12.4 Å². The van der Waals surface area contributed by atoms with Crippen LogP contribution in [0.4, 0.5) is 37.8 Å². The van der Waals surface area contributed by atoms with Crippen LogP contribution in [0.25, 0.3) is 0 Å². The third kappa shape index (κ3) is 7.12. The smallest absolute Gasteiger partial charge is 0.356 e. The van der Waals surface area contributed by atoms with Gasteiger partial charge in [-0.2, -0.15) is 26.3 Å². The molecule has 3 heterocycles. The number of alkyl halides is 6. The SMILES string of the molecule is NS(=O)c1cc(NC(=O)c2cc(C(F)(F)F)cnc2N2CCCC(Cc3ccc(C(F)(F)F)cc3)C2)ccn1. The van der Waals surface area contributed by atoms with Crippen molar-refractivity contribution in [2.24, 2.45) is 11.1 Å². The zero-order chi connectivity index (χ0) is 28.4. The predicted molar refractivity (Wildman–Crippen MR) is 132 cm³/mol. The molecule has 2 atom stereocenters. The number of aromatic nitrogens is 2. The van der Waals surface area contributed by atoms with Crippen molar-refractivity contribution >= 4 is 28.4 Å². The van der Waals surface area contributed by atoms with Crippen LogP contribution < -0.4 is 15.4 Å². The topological polar surface area (TPSA) is 101 Å². The number of halogens is 6. The molecule has 0 spiro atoms. The van der Waals surface area contributed by atoms with E-state index in [9.17, 15) is 35.3 Å². The van der Waals surface area contributed by atoms with E-state index < -0.39 is 40.4 Å². The molecule has 0 saturated carbocycles. The highest BCUT2D eigenvalue weighted by molar-refractivity contribution is 7.82. The zero-order valence-corrected chi connectivity index (χ0v) is 21.0. The number of anilines is 2. The Hall–Kier alpha value is -3.52. The van der Waals surface area contributed by atoms with E-state index in [1.165, 1.54) is 30.5 Å². The van der Waals surface area contributed by atoms with Crippen LogP contribution in [0.5, 0.6) is 0 Å². The second kappa shape index (κ2) is 11.3. The van der Waals surface area contributed by atoms with Crippen LogP contribution in [-0.2, 0) is 29.8 Å². The molecule has 0 bridgehead atoms. The fourth-order valence-corrected chi connectivity index (χ4v) is 4.82. The van der Waals surface area contributed by atoms with Crippen molar-refractivity contribution in [3.8, 4) is 0 Å². The highest BCUT2D eigenvalue weighted by Gasteiger charge is 2.34. The molecular weight excluding hydrogens is 548 g/mol. The Morgan fingerprint density at radius 3 is 2.36 bits per heavy atom.